The van der Waals surface area contributed by atoms with Gasteiger partial charge in [-0.25, -0.2) is 0 Å². The molecule has 116 valence electrons. The zero-order valence-corrected chi connectivity index (χ0v) is 13.4. The zero-order chi connectivity index (χ0) is 15.9. The topological polar surface area (TPSA) is 50.4 Å². The number of halogens is 1. The first-order chi connectivity index (χ1) is 10.6. The van der Waals surface area contributed by atoms with Crippen molar-refractivity contribution in [3.63, 3.8) is 0 Å². The molecular formula is C17H19ClN2O2. The standard InChI is InChI=1S/C17H19ClN2O2/c1-12(13-5-3-6-14(18)9-13)19-11-17(21)20-15-7-4-8-16(10-15)22-2/h3-10,12,19H,11H2,1-2H3,(H,20,21)/t12-/m0/s1. The molecule has 0 aromatic heterocycles. The largest absolute Gasteiger partial charge is 0.497 e. The van der Waals surface area contributed by atoms with Gasteiger partial charge in [0.25, 0.3) is 0 Å². The lowest BCUT2D eigenvalue weighted by atomic mass is 10.1. The van der Waals surface area contributed by atoms with Crippen LogP contribution < -0.4 is 15.4 Å². The van der Waals surface area contributed by atoms with Gasteiger partial charge < -0.3 is 15.4 Å². The number of methoxy groups -OCH3 is 1. The Bertz CT molecular complexity index is 646. The predicted molar refractivity (Wildman–Crippen MR) is 89.5 cm³/mol. The molecule has 0 unspecified atom stereocenters. The summed E-state index contributed by atoms with van der Waals surface area (Å²) in [6.07, 6.45) is 0. The molecule has 2 rings (SSSR count). The lowest BCUT2D eigenvalue weighted by Crippen LogP contribution is -2.30. The van der Waals surface area contributed by atoms with Crippen molar-refractivity contribution in [2.75, 3.05) is 19.0 Å². The number of ether oxygens (including phenoxy) is 1. The molecule has 0 fully saturated rings. The van der Waals surface area contributed by atoms with Crippen LogP contribution in [0.3, 0.4) is 0 Å². The van der Waals surface area contributed by atoms with Crippen LogP contribution in [0.5, 0.6) is 5.75 Å². The monoisotopic (exact) mass is 318 g/mol. The fraction of sp³-hybridized carbons (Fsp3) is 0.235. The SMILES string of the molecule is COc1cccc(NC(=O)CN[C@@H](C)c2cccc(Cl)c2)c1. The molecule has 22 heavy (non-hydrogen) atoms. The second-order valence-corrected chi connectivity index (χ2v) is 5.37. The van der Waals surface area contributed by atoms with Crippen LogP contribution in [0.15, 0.2) is 48.5 Å². The van der Waals surface area contributed by atoms with E-state index in [1.165, 1.54) is 0 Å². The highest BCUT2D eigenvalue weighted by Gasteiger charge is 2.08. The van der Waals surface area contributed by atoms with Gasteiger partial charge in [0.1, 0.15) is 5.75 Å². The molecular weight excluding hydrogens is 300 g/mol. The van der Waals surface area contributed by atoms with Gasteiger partial charge in [0.05, 0.1) is 13.7 Å². The lowest BCUT2D eigenvalue weighted by molar-refractivity contribution is -0.115. The zero-order valence-electron chi connectivity index (χ0n) is 12.6. The minimum atomic E-state index is -0.109. The van der Waals surface area contributed by atoms with Gasteiger partial charge in [-0.3, -0.25) is 4.79 Å². The smallest absolute Gasteiger partial charge is 0.238 e. The molecule has 0 bridgehead atoms. The Kier molecular flexibility index (Phi) is 5.81. The van der Waals surface area contributed by atoms with E-state index in [9.17, 15) is 4.79 Å². The normalized spacial score (nSPS) is 11.8. The molecule has 2 aromatic rings. The number of hydrogen-bond acceptors (Lipinski definition) is 3. The molecule has 1 atom stereocenters. The van der Waals surface area contributed by atoms with Gasteiger partial charge in [0.2, 0.25) is 5.91 Å². The molecule has 0 saturated heterocycles. The molecule has 1 amide bonds. The minimum absolute atomic E-state index is 0.0368. The van der Waals surface area contributed by atoms with Crippen molar-refractivity contribution in [2.45, 2.75) is 13.0 Å². The third-order valence-corrected chi connectivity index (χ3v) is 3.51. The summed E-state index contributed by atoms with van der Waals surface area (Å²) in [4.78, 5) is 12.0. The van der Waals surface area contributed by atoms with Gasteiger partial charge in [0, 0.05) is 22.8 Å². The summed E-state index contributed by atoms with van der Waals surface area (Å²) in [6.45, 7) is 2.20. The van der Waals surface area contributed by atoms with Gasteiger partial charge in [-0.15, -0.1) is 0 Å². The molecule has 0 radical (unpaired) electrons. The number of carbonyl (C=O) groups is 1. The molecule has 0 spiro atoms. The highest BCUT2D eigenvalue weighted by Crippen LogP contribution is 2.18. The van der Waals surface area contributed by atoms with Gasteiger partial charge >= 0.3 is 0 Å². The van der Waals surface area contributed by atoms with Crippen LogP contribution in [0.25, 0.3) is 0 Å². The van der Waals surface area contributed by atoms with Crippen molar-refractivity contribution >= 4 is 23.2 Å². The highest BCUT2D eigenvalue weighted by atomic mass is 35.5. The first-order valence-electron chi connectivity index (χ1n) is 7.01. The number of carbonyl (C=O) groups excluding carboxylic acids is 1. The second kappa shape index (κ2) is 7.82. The Labute approximate surface area is 135 Å². The molecule has 2 aromatic carbocycles. The molecule has 2 N–H and O–H groups in total. The van der Waals surface area contributed by atoms with E-state index >= 15 is 0 Å². The number of rotatable bonds is 6. The molecule has 0 saturated carbocycles. The number of hydrogen-bond donors (Lipinski definition) is 2. The van der Waals surface area contributed by atoms with Gasteiger partial charge in [-0.05, 0) is 36.8 Å². The van der Waals surface area contributed by atoms with E-state index < -0.39 is 0 Å². The Morgan fingerprint density at radius 2 is 2.00 bits per heavy atom. The van der Waals surface area contributed by atoms with Crippen molar-refractivity contribution in [2.24, 2.45) is 0 Å². The Balaban J connectivity index is 1.87. The number of nitrogens with one attached hydrogen (secondary N) is 2. The quantitative estimate of drug-likeness (QED) is 0.855. The molecule has 0 heterocycles. The second-order valence-electron chi connectivity index (χ2n) is 4.94. The molecule has 4 nitrogen and oxygen atoms in total. The Hall–Kier alpha value is -2.04. The van der Waals surface area contributed by atoms with Crippen molar-refractivity contribution < 1.29 is 9.53 Å². The third kappa shape index (κ3) is 4.76. The Morgan fingerprint density at radius 1 is 1.23 bits per heavy atom. The highest BCUT2D eigenvalue weighted by molar-refractivity contribution is 6.30. The molecule has 0 aliphatic carbocycles. The van der Waals surface area contributed by atoms with Crippen molar-refractivity contribution in [1.82, 2.24) is 5.32 Å². The number of amides is 1. The number of benzene rings is 2. The average molecular weight is 319 g/mol. The predicted octanol–water partition coefficient (Wildman–Crippen LogP) is 3.64. The van der Waals surface area contributed by atoms with E-state index in [2.05, 4.69) is 10.6 Å². The first kappa shape index (κ1) is 16.3. The fourth-order valence-corrected chi connectivity index (χ4v) is 2.24. The van der Waals surface area contributed by atoms with Crippen molar-refractivity contribution in [1.29, 1.82) is 0 Å². The van der Waals surface area contributed by atoms with E-state index in [1.54, 1.807) is 13.2 Å². The minimum Gasteiger partial charge on any atom is -0.497 e. The maximum absolute atomic E-state index is 12.0. The van der Waals surface area contributed by atoms with Crippen LogP contribution in [0.4, 0.5) is 5.69 Å². The van der Waals surface area contributed by atoms with Crippen LogP contribution >= 0.6 is 11.6 Å². The summed E-state index contributed by atoms with van der Waals surface area (Å²) in [6, 6.07) is 14.9. The fourth-order valence-electron chi connectivity index (χ4n) is 2.05. The van der Waals surface area contributed by atoms with E-state index in [1.807, 2.05) is 49.4 Å². The van der Waals surface area contributed by atoms with E-state index in [0.717, 1.165) is 5.56 Å². The maximum Gasteiger partial charge on any atom is 0.238 e. The molecule has 0 aliphatic rings. The first-order valence-corrected chi connectivity index (χ1v) is 7.39. The summed E-state index contributed by atoms with van der Waals surface area (Å²) in [5.41, 5.74) is 1.75. The molecule has 5 heteroatoms. The summed E-state index contributed by atoms with van der Waals surface area (Å²) < 4.78 is 5.12. The summed E-state index contributed by atoms with van der Waals surface area (Å²) in [5.74, 6) is 0.597. The lowest BCUT2D eigenvalue weighted by Gasteiger charge is -2.14. The van der Waals surface area contributed by atoms with Crippen LogP contribution in [0.2, 0.25) is 5.02 Å². The van der Waals surface area contributed by atoms with Gasteiger partial charge in [0.15, 0.2) is 0 Å². The van der Waals surface area contributed by atoms with Gasteiger partial charge in [-0.1, -0.05) is 29.8 Å². The van der Waals surface area contributed by atoms with Crippen molar-refractivity contribution in [3.05, 3.63) is 59.1 Å². The van der Waals surface area contributed by atoms with E-state index in [-0.39, 0.29) is 18.5 Å². The summed E-state index contributed by atoms with van der Waals surface area (Å²) in [5, 5.41) is 6.69. The Morgan fingerprint density at radius 3 is 2.73 bits per heavy atom. The van der Waals surface area contributed by atoms with Crippen LogP contribution in [-0.4, -0.2) is 19.6 Å². The van der Waals surface area contributed by atoms with E-state index in [4.69, 9.17) is 16.3 Å². The van der Waals surface area contributed by atoms with Crippen molar-refractivity contribution in [3.8, 4) is 5.75 Å². The summed E-state index contributed by atoms with van der Waals surface area (Å²) >= 11 is 5.97. The summed E-state index contributed by atoms with van der Waals surface area (Å²) in [7, 11) is 1.59. The van der Waals surface area contributed by atoms with Gasteiger partial charge in [-0.2, -0.15) is 0 Å². The van der Waals surface area contributed by atoms with Crippen LogP contribution in [-0.2, 0) is 4.79 Å². The maximum atomic E-state index is 12.0. The van der Waals surface area contributed by atoms with Crippen LogP contribution in [0, 0.1) is 0 Å². The van der Waals surface area contributed by atoms with E-state index in [0.29, 0.717) is 16.5 Å². The average Bonchev–Trinajstić information content (AvgIpc) is 2.52. The molecule has 0 aliphatic heterocycles. The van der Waals surface area contributed by atoms with Crippen LogP contribution in [0.1, 0.15) is 18.5 Å². The number of anilines is 1. The third-order valence-electron chi connectivity index (χ3n) is 3.27.